The summed E-state index contributed by atoms with van der Waals surface area (Å²) >= 11 is 0. The van der Waals surface area contributed by atoms with E-state index in [0.717, 1.165) is 23.8 Å². The highest BCUT2D eigenvalue weighted by Gasteiger charge is 2.57. The lowest BCUT2D eigenvalue weighted by molar-refractivity contribution is -0.141. The number of amides is 1. The van der Waals surface area contributed by atoms with E-state index in [4.69, 9.17) is 4.74 Å². The van der Waals surface area contributed by atoms with Gasteiger partial charge in [-0.1, -0.05) is 0 Å². The summed E-state index contributed by atoms with van der Waals surface area (Å²) in [6.07, 6.45) is -1.87. The predicted octanol–water partition coefficient (Wildman–Crippen LogP) is 1.13. The van der Waals surface area contributed by atoms with Crippen LogP contribution < -0.4 is 10.9 Å². The zero-order valence-electron chi connectivity index (χ0n) is 17.1. The smallest absolute Gasteiger partial charge is 0.434 e. The highest BCUT2D eigenvalue weighted by atomic mass is 19.4. The van der Waals surface area contributed by atoms with Crippen molar-refractivity contribution in [3.8, 4) is 5.75 Å². The number of hydrogen-bond donors (Lipinski definition) is 2. The molecule has 32 heavy (non-hydrogen) atoms. The Labute approximate surface area is 180 Å². The SMILES string of the molecule is O=C(NC12CC(C1)C2)c1c(O)c2nc(C(F)(F)F)cnc2n(CCN2CCOCC2)c1=O. The number of carbonyl (C=O) groups is 1. The summed E-state index contributed by atoms with van der Waals surface area (Å²) in [7, 11) is 0. The predicted molar refractivity (Wildman–Crippen MR) is 105 cm³/mol. The van der Waals surface area contributed by atoms with E-state index >= 15 is 0 Å². The lowest BCUT2D eigenvalue weighted by Gasteiger charge is -2.61. The van der Waals surface area contributed by atoms with Gasteiger partial charge >= 0.3 is 6.18 Å². The Morgan fingerprint density at radius 2 is 1.94 bits per heavy atom. The van der Waals surface area contributed by atoms with Crippen molar-refractivity contribution < 1.29 is 27.8 Å². The summed E-state index contributed by atoms with van der Waals surface area (Å²) in [6, 6.07) is 0. The zero-order valence-corrected chi connectivity index (χ0v) is 17.1. The molecule has 12 heteroatoms. The van der Waals surface area contributed by atoms with Gasteiger partial charge < -0.3 is 15.2 Å². The second kappa shape index (κ2) is 7.41. The van der Waals surface area contributed by atoms with Gasteiger partial charge in [0.05, 0.1) is 19.4 Å². The molecule has 3 saturated carbocycles. The van der Waals surface area contributed by atoms with E-state index in [1.807, 2.05) is 4.90 Å². The van der Waals surface area contributed by atoms with Crippen LogP contribution >= 0.6 is 0 Å². The van der Waals surface area contributed by atoms with E-state index in [9.17, 15) is 27.9 Å². The minimum absolute atomic E-state index is 0.0726. The third-order valence-electron chi connectivity index (χ3n) is 6.61. The number of nitrogens with zero attached hydrogens (tertiary/aromatic N) is 4. The van der Waals surface area contributed by atoms with Crippen molar-refractivity contribution in [2.45, 2.75) is 37.5 Å². The minimum atomic E-state index is -4.79. The molecule has 0 aromatic carbocycles. The standard InChI is InChI=1S/C20H22F3N5O4/c21-20(22,23)12-10-24-16-14(25-12)15(29)13(17(30)26-19-7-11(8-19)9-19)18(31)28(16)2-1-27-3-5-32-6-4-27/h10-11,29H,1-9H2,(H,26,30). The molecule has 4 fully saturated rings. The molecule has 6 rings (SSSR count). The largest absolute Gasteiger partial charge is 0.505 e. The number of aromatic nitrogens is 3. The second-order valence-electron chi connectivity index (χ2n) is 8.77. The molecular formula is C20H22F3N5O4. The quantitative estimate of drug-likeness (QED) is 0.699. The first-order valence-electron chi connectivity index (χ1n) is 10.5. The Hall–Kier alpha value is -2.73. The molecule has 0 unspecified atom stereocenters. The molecule has 0 atom stereocenters. The van der Waals surface area contributed by atoms with Gasteiger partial charge in [0.15, 0.2) is 17.1 Å². The first-order valence-corrected chi connectivity index (χ1v) is 10.5. The molecular weight excluding hydrogens is 431 g/mol. The topological polar surface area (TPSA) is 110 Å². The molecule has 3 aliphatic carbocycles. The van der Waals surface area contributed by atoms with Crippen LogP contribution in [0, 0.1) is 5.92 Å². The van der Waals surface area contributed by atoms with E-state index in [0.29, 0.717) is 45.0 Å². The summed E-state index contributed by atoms with van der Waals surface area (Å²) in [5.74, 6) is -1.12. The number of pyridine rings is 1. The van der Waals surface area contributed by atoms with E-state index in [1.54, 1.807) is 0 Å². The van der Waals surface area contributed by atoms with Gasteiger partial charge in [0.1, 0.15) is 11.1 Å². The van der Waals surface area contributed by atoms with Crippen LogP contribution in [-0.4, -0.2) is 68.8 Å². The summed E-state index contributed by atoms with van der Waals surface area (Å²) in [4.78, 5) is 35.5. The van der Waals surface area contributed by atoms with Crippen LogP contribution in [0.3, 0.4) is 0 Å². The number of fused-ring (bicyclic) bond motifs is 1. The number of hydrogen-bond acceptors (Lipinski definition) is 7. The lowest BCUT2D eigenvalue weighted by atomic mass is 9.50. The number of aromatic hydroxyl groups is 1. The Kier molecular flexibility index (Phi) is 4.89. The van der Waals surface area contributed by atoms with Crippen LogP contribution in [0.25, 0.3) is 11.2 Å². The zero-order chi connectivity index (χ0) is 22.7. The van der Waals surface area contributed by atoms with Gasteiger partial charge in [-0.3, -0.25) is 19.1 Å². The van der Waals surface area contributed by atoms with Crippen LogP contribution in [0.15, 0.2) is 11.0 Å². The number of morpholine rings is 1. The summed E-state index contributed by atoms with van der Waals surface area (Å²) in [5, 5.41) is 13.5. The van der Waals surface area contributed by atoms with Crippen LogP contribution in [0.1, 0.15) is 35.3 Å². The van der Waals surface area contributed by atoms with Crippen molar-refractivity contribution in [2.24, 2.45) is 5.92 Å². The monoisotopic (exact) mass is 453 g/mol. The van der Waals surface area contributed by atoms with Crippen molar-refractivity contribution >= 4 is 17.1 Å². The van der Waals surface area contributed by atoms with Crippen LogP contribution in [-0.2, 0) is 17.5 Å². The van der Waals surface area contributed by atoms with Gasteiger partial charge in [-0.2, -0.15) is 13.2 Å². The van der Waals surface area contributed by atoms with Crippen molar-refractivity contribution in [1.82, 2.24) is 24.8 Å². The number of ether oxygens (including phenoxy) is 1. The minimum Gasteiger partial charge on any atom is -0.505 e. The summed E-state index contributed by atoms with van der Waals surface area (Å²) in [5.41, 5.74) is -3.82. The number of alkyl halides is 3. The number of halogens is 3. The van der Waals surface area contributed by atoms with Gasteiger partial charge in [-0.25, -0.2) is 9.97 Å². The molecule has 1 saturated heterocycles. The molecule has 3 heterocycles. The highest BCUT2D eigenvalue weighted by Crippen LogP contribution is 2.57. The number of carbonyl (C=O) groups excluding carboxylic acids is 1. The van der Waals surface area contributed by atoms with Gasteiger partial charge in [0.25, 0.3) is 11.5 Å². The molecule has 9 nitrogen and oxygen atoms in total. The fourth-order valence-corrected chi connectivity index (χ4v) is 4.74. The first-order chi connectivity index (χ1) is 15.2. The van der Waals surface area contributed by atoms with Gasteiger partial charge in [0, 0.05) is 31.7 Å². The molecule has 1 amide bonds. The molecule has 172 valence electrons. The fourth-order valence-electron chi connectivity index (χ4n) is 4.74. The van der Waals surface area contributed by atoms with Gasteiger partial charge in [0.2, 0.25) is 0 Å². The second-order valence-corrected chi connectivity index (χ2v) is 8.77. The Balaban J connectivity index is 1.57. The molecule has 2 N–H and O–H groups in total. The van der Waals surface area contributed by atoms with Crippen molar-refractivity contribution in [2.75, 3.05) is 32.8 Å². The van der Waals surface area contributed by atoms with Crippen LogP contribution in [0.4, 0.5) is 13.2 Å². The first kappa shape index (κ1) is 21.1. The molecule has 0 radical (unpaired) electrons. The maximum atomic E-state index is 13.2. The van der Waals surface area contributed by atoms with Crippen molar-refractivity contribution in [1.29, 1.82) is 0 Å². The van der Waals surface area contributed by atoms with Gasteiger partial charge in [-0.15, -0.1) is 0 Å². The Bertz CT molecular complexity index is 1130. The maximum Gasteiger partial charge on any atom is 0.434 e. The van der Waals surface area contributed by atoms with E-state index in [1.165, 1.54) is 0 Å². The molecule has 0 spiro atoms. The Morgan fingerprint density at radius 3 is 2.53 bits per heavy atom. The van der Waals surface area contributed by atoms with E-state index in [2.05, 4.69) is 15.3 Å². The normalized spacial score (nSPS) is 25.3. The number of nitrogens with one attached hydrogen (secondary N) is 1. The highest BCUT2D eigenvalue weighted by molar-refractivity contribution is 6.01. The van der Waals surface area contributed by atoms with Crippen molar-refractivity contribution in [3.05, 3.63) is 27.8 Å². The molecule has 4 aliphatic rings. The van der Waals surface area contributed by atoms with Crippen LogP contribution in [0.5, 0.6) is 5.75 Å². The molecule has 2 aromatic rings. The van der Waals surface area contributed by atoms with E-state index < -0.39 is 40.2 Å². The average Bonchev–Trinajstić information content (AvgIpc) is 2.69. The third-order valence-corrected chi connectivity index (χ3v) is 6.61. The molecule has 1 aliphatic heterocycles. The molecule has 2 bridgehead atoms. The van der Waals surface area contributed by atoms with Gasteiger partial charge in [-0.05, 0) is 25.2 Å². The van der Waals surface area contributed by atoms with Crippen molar-refractivity contribution in [3.63, 3.8) is 0 Å². The third kappa shape index (κ3) is 3.51. The Morgan fingerprint density at radius 1 is 1.25 bits per heavy atom. The lowest BCUT2D eigenvalue weighted by Crippen LogP contribution is -2.68. The molecule has 2 aromatic heterocycles. The average molecular weight is 453 g/mol. The van der Waals surface area contributed by atoms with E-state index in [-0.39, 0.29) is 17.7 Å². The number of rotatable bonds is 5. The fraction of sp³-hybridized carbons (Fsp3) is 0.600. The summed E-state index contributed by atoms with van der Waals surface area (Å²) < 4.78 is 46.0. The van der Waals surface area contributed by atoms with Crippen LogP contribution in [0.2, 0.25) is 0 Å². The maximum absolute atomic E-state index is 13.2. The summed E-state index contributed by atoms with van der Waals surface area (Å²) in [6.45, 7) is 2.84.